The molecule has 19 heavy (non-hydrogen) atoms. The molecule has 5 heteroatoms. The number of carbonyl (C=O) groups is 1. The molecule has 0 saturated heterocycles. The number of hydrogen-bond donors (Lipinski definition) is 1. The second-order valence-corrected chi connectivity index (χ2v) is 7.48. The third kappa shape index (κ3) is 5.63. The molecule has 0 atom stereocenters. The molecule has 0 aliphatic rings. The Bertz CT molecular complexity index is 459. The first kappa shape index (κ1) is 16.7. The fourth-order valence-corrected chi connectivity index (χ4v) is 2.79. The second kappa shape index (κ2) is 6.86. The fraction of sp³-hybridized carbons (Fsp3) is 0.500. The highest BCUT2D eigenvalue weighted by Gasteiger charge is 2.20. The third-order valence-corrected chi connectivity index (χ3v) is 3.83. The molecule has 0 bridgehead atoms. The molecule has 0 saturated carbocycles. The smallest absolute Gasteiger partial charge is 0.252 e. The van der Waals surface area contributed by atoms with E-state index in [-0.39, 0.29) is 11.3 Å². The number of rotatable bonds is 5. The molecule has 0 unspecified atom stereocenters. The summed E-state index contributed by atoms with van der Waals surface area (Å²) >= 11 is 6.78. The molecular formula is C14H20Br2N2O. The summed E-state index contributed by atoms with van der Waals surface area (Å²) < 4.78 is 1.70. The molecule has 0 heterocycles. The van der Waals surface area contributed by atoms with Crippen molar-refractivity contribution in [3.8, 4) is 0 Å². The highest BCUT2D eigenvalue weighted by atomic mass is 79.9. The summed E-state index contributed by atoms with van der Waals surface area (Å²) in [6, 6.07) is 5.58. The topological polar surface area (TPSA) is 32.3 Å². The van der Waals surface area contributed by atoms with Crippen LogP contribution >= 0.6 is 31.9 Å². The molecule has 1 amide bonds. The fourth-order valence-electron chi connectivity index (χ4n) is 2.00. The lowest BCUT2D eigenvalue weighted by Crippen LogP contribution is -2.40. The zero-order chi connectivity index (χ0) is 14.6. The van der Waals surface area contributed by atoms with Crippen molar-refractivity contribution in [1.82, 2.24) is 10.2 Å². The van der Waals surface area contributed by atoms with Gasteiger partial charge < -0.3 is 10.2 Å². The average Bonchev–Trinajstić information content (AvgIpc) is 2.27. The van der Waals surface area contributed by atoms with Crippen LogP contribution in [0.1, 0.15) is 24.2 Å². The third-order valence-electron chi connectivity index (χ3n) is 2.64. The van der Waals surface area contributed by atoms with E-state index in [0.29, 0.717) is 12.1 Å². The maximum absolute atomic E-state index is 12.2. The van der Waals surface area contributed by atoms with E-state index in [1.165, 1.54) is 0 Å². The van der Waals surface area contributed by atoms with E-state index in [2.05, 4.69) is 55.9 Å². The summed E-state index contributed by atoms with van der Waals surface area (Å²) in [6.45, 7) is 5.85. The van der Waals surface area contributed by atoms with Gasteiger partial charge in [-0.15, -0.1) is 0 Å². The van der Waals surface area contributed by atoms with Crippen LogP contribution in [0.4, 0.5) is 0 Å². The van der Waals surface area contributed by atoms with Gasteiger partial charge in [0.1, 0.15) is 0 Å². The number of hydrogen-bond acceptors (Lipinski definition) is 2. The van der Waals surface area contributed by atoms with Crippen LogP contribution in [0.15, 0.2) is 27.1 Å². The first-order valence-electron chi connectivity index (χ1n) is 6.09. The van der Waals surface area contributed by atoms with Crippen LogP contribution in [0, 0.1) is 5.41 Å². The molecular weight excluding hydrogens is 372 g/mol. The molecule has 0 aliphatic carbocycles. The zero-order valence-electron chi connectivity index (χ0n) is 11.8. The summed E-state index contributed by atoms with van der Waals surface area (Å²) in [5.74, 6) is -0.0555. The number of amides is 1. The van der Waals surface area contributed by atoms with E-state index in [4.69, 9.17) is 0 Å². The van der Waals surface area contributed by atoms with Crippen molar-refractivity contribution < 1.29 is 4.79 Å². The van der Waals surface area contributed by atoms with Crippen molar-refractivity contribution in [1.29, 1.82) is 0 Å². The minimum atomic E-state index is -0.0555. The number of nitrogens with zero attached hydrogens (tertiary/aromatic N) is 1. The number of halogens is 2. The standard InChI is InChI=1S/C14H20Br2N2O/c1-14(2,9-18(3)4)8-17-13(19)11-7-10(15)5-6-12(11)16/h5-7H,8-9H2,1-4H3,(H,17,19). The van der Waals surface area contributed by atoms with Gasteiger partial charge in [0.25, 0.3) is 5.91 Å². The van der Waals surface area contributed by atoms with E-state index in [9.17, 15) is 4.79 Å². The minimum Gasteiger partial charge on any atom is -0.351 e. The van der Waals surface area contributed by atoms with Gasteiger partial charge in [-0.25, -0.2) is 0 Å². The van der Waals surface area contributed by atoms with Crippen LogP contribution < -0.4 is 5.32 Å². The van der Waals surface area contributed by atoms with Crippen molar-refractivity contribution >= 4 is 37.8 Å². The van der Waals surface area contributed by atoms with Crippen LogP contribution in [0.2, 0.25) is 0 Å². The molecule has 0 aliphatic heterocycles. The van der Waals surface area contributed by atoms with Crippen LogP contribution in [0.25, 0.3) is 0 Å². The molecule has 1 aromatic carbocycles. The predicted molar refractivity (Wildman–Crippen MR) is 86.5 cm³/mol. The zero-order valence-corrected chi connectivity index (χ0v) is 14.9. The molecule has 0 radical (unpaired) electrons. The van der Waals surface area contributed by atoms with Crippen molar-refractivity contribution in [2.75, 3.05) is 27.2 Å². The Morgan fingerprint density at radius 1 is 1.32 bits per heavy atom. The quantitative estimate of drug-likeness (QED) is 0.832. The highest BCUT2D eigenvalue weighted by molar-refractivity contribution is 9.11. The summed E-state index contributed by atoms with van der Waals surface area (Å²) in [6.07, 6.45) is 0. The Balaban J connectivity index is 2.68. The van der Waals surface area contributed by atoms with E-state index in [1.54, 1.807) is 0 Å². The lowest BCUT2D eigenvalue weighted by atomic mass is 9.93. The Morgan fingerprint density at radius 3 is 2.53 bits per heavy atom. The maximum Gasteiger partial charge on any atom is 0.252 e. The van der Waals surface area contributed by atoms with Gasteiger partial charge in [0, 0.05) is 22.0 Å². The van der Waals surface area contributed by atoms with Gasteiger partial charge in [-0.2, -0.15) is 0 Å². The van der Waals surface area contributed by atoms with E-state index >= 15 is 0 Å². The Kier molecular flexibility index (Phi) is 6.02. The van der Waals surface area contributed by atoms with Gasteiger partial charge in [0.15, 0.2) is 0 Å². The van der Waals surface area contributed by atoms with Gasteiger partial charge >= 0.3 is 0 Å². The van der Waals surface area contributed by atoms with Crippen LogP contribution in [0.3, 0.4) is 0 Å². The Hall–Kier alpha value is -0.390. The normalized spacial score (nSPS) is 11.7. The number of nitrogens with one attached hydrogen (secondary N) is 1. The van der Waals surface area contributed by atoms with Gasteiger partial charge in [0.05, 0.1) is 5.56 Å². The van der Waals surface area contributed by atoms with E-state index < -0.39 is 0 Å². The van der Waals surface area contributed by atoms with E-state index in [0.717, 1.165) is 15.5 Å². The van der Waals surface area contributed by atoms with Crippen molar-refractivity contribution in [3.05, 3.63) is 32.7 Å². The van der Waals surface area contributed by atoms with Gasteiger partial charge in [-0.1, -0.05) is 29.8 Å². The lowest BCUT2D eigenvalue weighted by molar-refractivity contribution is 0.0928. The predicted octanol–water partition coefficient (Wildman–Crippen LogP) is 3.53. The maximum atomic E-state index is 12.2. The molecule has 1 aromatic rings. The molecule has 0 spiro atoms. The van der Waals surface area contributed by atoms with Crippen LogP contribution in [0.5, 0.6) is 0 Å². The van der Waals surface area contributed by atoms with Crippen LogP contribution in [-0.4, -0.2) is 38.0 Å². The highest BCUT2D eigenvalue weighted by Crippen LogP contribution is 2.22. The second-order valence-electron chi connectivity index (χ2n) is 5.71. The molecule has 106 valence electrons. The molecule has 3 nitrogen and oxygen atoms in total. The summed E-state index contributed by atoms with van der Waals surface area (Å²) in [7, 11) is 4.07. The van der Waals surface area contributed by atoms with Crippen molar-refractivity contribution in [3.63, 3.8) is 0 Å². The summed E-state index contributed by atoms with van der Waals surface area (Å²) in [5, 5.41) is 3.00. The van der Waals surface area contributed by atoms with Gasteiger partial charge in [0.2, 0.25) is 0 Å². The van der Waals surface area contributed by atoms with Gasteiger partial charge in [-0.05, 0) is 53.6 Å². The summed E-state index contributed by atoms with van der Waals surface area (Å²) in [4.78, 5) is 14.3. The van der Waals surface area contributed by atoms with Gasteiger partial charge in [-0.3, -0.25) is 4.79 Å². The molecule has 1 N–H and O–H groups in total. The number of carbonyl (C=O) groups excluding carboxylic acids is 1. The Labute approximate surface area is 132 Å². The van der Waals surface area contributed by atoms with Crippen molar-refractivity contribution in [2.45, 2.75) is 13.8 Å². The van der Waals surface area contributed by atoms with E-state index in [1.807, 2.05) is 32.3 Å². The Morgan fingerprint density at radius 2 is 1.95 bits per heavy atom. The molecule has 0 aromatic heterocycles. The van der Waals surface area contributed by atoms with Crippen molar-refractivity contribution in [2.24, 2.45) is 5.41 Å². The minimum absolute atomic E-state index is 0.0393. The first-order valence-corrected chi connectivity index (χ1v) is 7.68. The molecule has 0 fully saturated rings. The monoisotopic (exact) mass is 390 g/mol. The average molecular weight is 392 g/mol. The van der Waals surface area contributed by atoms with Crippen LogP contribution in [-0.2, 0) is 0 Å². The largest absolute Gasteiger partial charge is 0.351 e. The molecule has 1 rings (SSSR count). The SMILES string of the molecule is CN(C)CC(C)(C)CNC(=O)c1cc(Br)ccc1Br. The summed E-state index contributed by atoms with van der Waals surface area (Å²) in [5.41, 5.74) is 0.688. The first-order chi connectivity index (χ1) is 8.71. The number of benzene rings is 1. The lowest BCUT2D eigenvalue weighted by Gasteiger charge is -2.28.